The average Bonchev–Trinajstić information content (AvgIpc) is 3.26. The van der Waals surface area contributed by atoms with E-state index in [1.54, 1.807) is 35.6 Å². The lowest BCUT2D eigenvalue weighted by atomic mass is 10.0. The zero-order valence-electron chi connectivity index (χ0n) is 16.2. The van der Waals surface area contributed by atoms with E-state index in [1.807, 2.05) is 6.92 Å². The first kappa shape index (κ1) is 20.6. The minimum absolute atomic E-state index is 0.0247. The topological polar surface area (TPSA) is 68.1 Å². The third-order valence-electron chi connectivity index (χ3n) is 4.28. The second-order valence-electron chi connectivity index (χ2n) is 6.38. The van der Waals surface area contributed by atoms with Crippen molar-refractivity contribution in [1.82, 2.24) is 0 Å². The first-order valence-electron chi connectivity index (χ1n) is 9.41. The Hall–Kier alpha value is -3.12. The summed E-state index contributed by atoms with van der Waals surface area (Å²) in [6.07, 6.45) is 0.735. The summed E-state index contributed by atoms with van der Waals surface area (Å²) >= 11 is 1.69. The molecule has 0 spiro atoms. The van der Waals surface area contributed by atoms with E-state index in [0.29, 0.717) is 24.5 Å². The number of carboxylic acid groups (broad SMARTS) is 1. The van der Waals surface area contributed by atoms with Crippen molar-refractivity contribution in [3.8, 4) is 16.9 Å². The van der Waals surface area contributed by atoms with Crippen molar-refractivity contribution in [2.45, 2.75) is 19.8 Å². The Balaban J connectivity index is 1.50. The van der Waals surface area contributed by atoms with Crippen LogP contribution in [-0.4, -0.2) is 30.0 Å². The minimum atomic E-state index is -0.865. The molecular weight excluding hydrogens is 386 g/mol. The van der Waals surface area contributed by atoms with Gasteiger partial charge in [-0.25, -0.2) is 0 Å². The zero-order chi connectivity index (χ0) is 20.5. The molecule has 5 nitrogen and oxygen atoms in total. The normalized spacial score (nSPS) is 11.3. The molecule has 0 aliphatic rings. The third-order valence-corrected chi connectivity index (χ3v) is 4.96. The Kier molecular flexibility index (Phi) is 7.41. The highest BCUT2D eigenvalue weighted by Crippen LogP contribution is 2.22. The molecule has 3 rings (SSSR count). The molecule has 2 aromatic carbocycles. The number of rotatable bonds is 10. The summed E-state index contributed by atoms with van der Waals surface area (Å²) in [5, 5.41) is 17.3. The fraction of sp³-hybridized carbons (Fsp3) is 0.217. The number of aliphatic carboxylic acids is 1. The lowest BCUT2D eigenvalue weighted by molar-refractivity contribution is -0.136. The first-order chi connectivity index (χ1) is 14.2. The number of hydrogen-bond donors (Lipinski definition) is 1. The highest BCUT2D eigenvalue weighted by molar-refractivity contribution is 7.08. The second kappa shape index (κ2) is 10.4. The number of carbonyl (C=O) groups is 1. The smallest absolute Gasteiger partial charge is 0.307 e. The molecule has 0 bridgehead atoms. The number of oxime groups is 1. The van der Waals surface area contributed by atoms with E-state index in [-0.39, 0.29) is 6.42 Å². The van der Waals surface area contributed by atoms with Crippen molar-refractivity contribution in [3.63, 3.8) is 0 Å². The number of hydrogen-bond acceptors (Lipinski definition) is 5. The van der Waals surface area contributed by atoms with Crippen LogP contribution in [0.2, 0.25) is 0 Å². The highest BCUT2D eigenvalue weighted by Gasteiger charge is 2.05. The van der Waals surface area contributed by atoms with Gasteiger partial charge in [-0.1, -0.05) is 48.5 Å². The van der Waals surface area contributed by atoms with Gasteiger partial charge in [0.25, 0.3) is 0 Å². The van der Waals surface area contributed by atoms with Crippen LogP contribution < -0.4 is 4.74 Å². The van der Waals surface area contributed by atoms with Crippen molar-refractivity contribution < 1.29 is 19.5 Å². The maximum absolute atomic E-state index is 10.8. The SMILES string of the molecule is CCC(=NOCCOc1cccc(CC(=O)O)c1)c1ccc(-c2ccsc2)cc1. The highest BCUT2D eigenvalue weighted by atomic mass is 32.1. The summed E-state index contributed by atoms with van der Waals surface area (Å²) in [5.74, 6) is -0.244. The predicted molar refractivity (Wildman–Crippen MR) is 116 cm³/mol. The quantitative estimate of drug-likeness (QED) is 0.282. The van der Waals surface area contributed by atoms with Gasteiger partial charge in [0.1, 0.15) is 12.4 Å². The van der Waals surface area contributed by atoms with Gasteiger partial charge < -0.3 is 14.7 Å². The molecule has 0 saturated carbocycles. The molecule has 1 heterocycles. The lowest BCUT2D eigenvalue weighted by Gasteiger charge is -2.08. The molecular formula is C23H23NO4S. The molecule has 0 radical (unpaired) electrons. The summed E-state index contributed by atoms with van der Waals surface area (Å²) in [6, 6.07) is 17.5. The number of thiophene rings is 1. The standard InChI is InChI=1S/C23H23NO4S/c1-2-22(19-8-6-18(7-9-19)20-10-13-29-16-20)24-28-12-11-27-21-5-3-4-17(14-21)15-23(25)26/h3-10,13-14,16H,2,11-12,15H2,1H3,(H,25,26). The molecule has 0 aliphatic carbocycles. The molecule has 6 heteroatoms. The van der Waals surface area contributed by atoms with Crippen LogP contribution in [0.4, 0.5) is 0 Å². The maximum atomic E-state index is 10.8. The molecule has 29 heavy (non-hydrogen) atoms. The van der Waals surface area contributed by atoms with Gasteiger partial charge in [0.15, 0.2) is 6.61 Å². The van der Waals surface area contributed by atoms with Crippen molar-refractivity contribution in [1.29, 1.82) is 0 Å². The van der Waals surface area contributed by atoms with Crippen LogP contribution in [0.15, 0.2) is 70.5 Å². The summed E-state index contributed by atoms with van der Waals surface area (Å²) in [4.78, 5) is 16.2. The van der Waals surface area contributed by atoms with Crippen molar-refractivity contribution >= 4 is 23.0 Å². The molecule has 1 N–H and O–H groups in total. The Morgan fingerprint density at radius 2 is 1.90 bits per heavy atom. The Morgan fingerprint density at radius 1 is 1.07 bits per heavy atom. The minimum Gasteiger partial charge on any atom is -0.490 e. The van der Waals surface area contributed by atoms with E-state index in [1.165, 1.54) is 11.1 Å². The van der Waals surface area contributed by atoms with Crippen LogP contribution in [0.25, 0.3) is 11.1 Å². The van der Waals surface area contributed by atoms with Crippen LogP contribution in [-0.2, 0) is 16.1 Å². The van der Waals surface area contributed by atoms with E-state index in [4.69, 9.17) is 14.7 Å². The van der Waals surface area contributed by atoms with Gasteiger partial charge in [-0.05, 0) is 57.6 Å². The van der Waals surface area contributed by atoms with E-state index >= 15 is 0 Å². The first-order valence-corrected chi connectivity index (χ1v) is 10.4. The summed E-state index contributed by atoms with van der Waals surface area (Å²) in [5.41, 5.74) is 5.02. The molecule has 0 fully saturated rings. The molecule has 150 valence electrons. The van der Waals surface area contributed by atoms with E-state index < -0.39 is 5.97 Å². The van der Waals surface area contributed by atoms with Crippen LogP contribution in [0, 0.1) is 0 Å². The molecule has 0 atom stereocenters. The van der Waals surface area contributed by atoms with Crippen LogP contribution in [0.5, 0.6) is 5.75 Å². The van der Waals surface area contributed by atoms with Gasteiger partial charge in [-0.2, -0.15) is 11.3 Å². The molecule has 0 aliphatic heterocycles. The lowest BCUT2D eigenvalue weighted by Crippen LogP contribution is -2.07. The fourth-order valence-electron chi connectivity index (χ4n) is 2.85. The van der Waals surface area contributed by atoms with Crippen LogP contribution in [0.3, 0.4) is 0 Å². The number of nitrogens with zero attached hydrogens (tertiary/aromatic N) is 1. The molecule has 0 saturated heterocycles. The third kappa shape index (κ3) is 6.19. The Morgan fingerprint density at radius 3 is 2.59 bits per heavy atom. The van der Waals surface area contributed by atoms with Crippen LogP contribution in [0.1, 0.15) is 24.5 Å². The van der Waals surface area contributed by atoms with Gasteiger partial charge in [-0.15, -0.1) is 0 Å². The predicted octanol–water partition coefficient (Wildman–Crippen LogP) is 5.25. The summed E-state index contributed by atoms with van der Waals surface area (Å²) in [7, 11) is 0. The van der Waals surface area contributed by atoms with E-state index in [0.717, 1.165) is 17.7 Å². The van der Waals surface area contributed by atoms with Gasteiger partial charge in [0.2, 0.25) is 0 Å². The second-order valence-corrected chi connectivity index (χ2v) is 7.16. The molecule has 0 amide bonds. The van der Waals surface area contributed by atoms with Crippen molar-refractivity contribution in [2.75, 3.05) is 13.2 Å². The molecule has 0 unspecified atom stereocenters. The van der Waals surface area contributed by atoms with E-state index in [9.17, 15) is 4.79 Å². The van der Waals surface area contributed by atoms with Crippen molar-refractivity contribution in [2.24, 2.45) is 5.16 Å². The van der Waals surface area contributed by atoms with Crippen molar-refractivity contribution in [3.05, 3.63) is 76.5 Å². The van der Waals surface area contributed by atoms with Gasteiger partial charge in [0, 0.05) is 0 Å². The molecule has 1 aromatic heterocycles. The summed E-state index contributed by atoms with van der Waals surface area (Å²) < 4.78 is 5.62. The van der Waals surface area contributed by atoms with Gasteiger partial charge >= 0.3 is 5.97 Å². The Labute approximate surface area is 174 Å². The largest absolute Gasteiger partial charge is 0.490 e. The van der Waals surface area contributed by atoms with E-state index in [2.05, 4.69) is 46.2 Å². The fourth-order valence-corrected chi connectivity index (χ4v) is 3.51. The van der Waals surface area contributed by atoms with Gasteiger partial charge in [0.05, 0.1) is 12.1 Å². The Bertz CT molecular complexity index is 949. The number of benzene rings is 2. The molecule has 3 aromatic rings. The number of carboxylic acids is 1. The monoisotopic (exact) mass is 409 g/mol. The number of ether oxygens (including phenoxy) is 1. The average molecular weight is 410 g/mol. The van der Waals surface area contributed by atoms with Gasteiger partial charge in [-0.3, -0.25) is 4.79 Å². The maximum Gasteiger partial charge on any atom is 0.307 e. The van der Waals surface area contributed by atoms with Crippen LogP contribution >= 0.6 is 11.3 Å². The zero-order valence-corrected chi connectivity index (χ0v) is 17.0. The summed E-state index contributed by atoms with van der Waals surface area (Å²) in [6.45, 7) is 2.67.